The quantitative estimate of drug-likeness (QED) is 0.475. The van der Waals surface area contributed by atoms with Gasteiger partial charge in [-0.2, -0.15) is 0 Å². The van der Waals surface area contributed by atoms with Gasteiger partial charge in [0.15, 0.2) is 5.96 Å². The highest BCUT2D eigenvalue weighted by Gasteiger charge is 2.10. The number of guanidine groups is 1. The minimum atomic E-state index is -0.244. The Kier molecular flexibility index (Phi) is 5.93. The summed E-state index contributed by atoms with van der Waals surface area (Å²) in [6.07, 6.45) is 9.31. The van der Waals surface area contributed by atoms with Crippen molar-refractivity contribution in [2.45, 2.75) is 25.7 Å². The van der Waals surface area contributed by atoms with E-state index in [9.17, 15) is 4.79 Å². The van der Waals surface area contributed by atoms with Gasteiger partial charge in [-0.15, -0.1) is 0 Å². The molecule has 0 unspecified atom stereocenters. The molecule has 0 bridgehead atoms. The number of nitrogens with zero attached hydrogens (tertiary/aromatic N) is 4. The lowest BCUT2D eigenvalue weighted by Gasteiger charge is -2.21. The predicted molar refractivity (Wildman–Crippen MR) is 80.9 cm³/mol. The van der Waals surface area contributed by atoms with Crippen LogP contribution in [0.5, 0.6) is 0 Å². The average Bonchev–Trinajstić information content (AvgIpc) is 2.81. The Labute approximate surface area is 124 Å². The van der Waals surface area contributed by atoms with Gasteiger partial charge in [0, 0.05) is 32.0 Å². The molecule has 1 fully saturated rings. The highest BCUT2D eigenvalue weighted by Crippen LogP contribution is 2.08. The van der Waals surface area contributed by atoms with Crippen molar-refractivity contribution in [1.29, 1.82) is 0 Å². The first kappa shape index (κ1) is 15.2. The van der Waals surface area contributed by atoms with E-state index in [4.69, 9.17) is 5.73 Å². The number of likely N-dealkylation sites (tertiary alicyclic amines) is 1. The highest BCUT2D eigenvalue weighted by atomic mass is 16.1. The molecule has 1 amide bonds. The van der Waals surface area contributed by atoms with Gasteiger partial charge < -0.3 is 16.0 Å². The van der Waals surface area contributed by atoms with Crippen molar-refractivity contribution in [3.63, 3.8) is 0 Å². The fraction of sp³-hybridized carbons (Fsp3) is 0.571. The van der Waals surface area contributed by atoms with E-state index in [2.05, 4.69) is 25.2 Å². The Morgan fingerprint density at radius 1 is 1.29 bits per heavy atom. The predicted octanol–water partition coefficient (Wildman–Crippen LogP) is 0.397. The van der Waals surface area contributed by atoms with Gasteiger partial charge in [-0.25, -0.2) is 4.98 Å². The summed E-state index contributed by atoms with van der Waals surface area (Å²) < 4.78 is 0. The smallest absolute Gasteiger partial charge is 0.271 e. The number of hydrogen-bond donors (Lipinski definition) is 2. The SMILES string of the molecule is NC(=NCCNC(=O)c1cnccn1)N1CCCCCC1. The summed E-state index contributed by atoms with van der Waals surface area (Å²) in [4.78, 5) is 26.0. The lowest BCUT2D eigenvalue weighted by Crippen LogP contribution is -2.38. The second-order valence-electron chi connectivity index (χ2n) is 4.99. The molecule has 7 nitrogen and oxygen atoms in total. The van der Waals surface area contributed by atoms with E-state index >= 15 is 0 Å². The standard InChI is InChI=1S/C14H22N6O/c15-14(20-9-3-1-2-4-10-20)19-8-7-18-13(21)12-11-16-5-6-17-12/h5-6,11H,1-4,7-10H2,(H2,15,19)(H,18,21). The summed E-state index contributed by atoms with van der Waals surface area (Å²) in [7, 11) is 0. The van der Waals surface area contributed by atoms with Gasteiger partial charge in [-0.05, 0) is 12.8 Å². The maximum Gasteiger partial charge on any atom is 0.271 e. The Hall–Kier alpha value is -2.18. The molecule has 3 N–H and O–H groups in total. The van der Waals surface area contributed by atoms with Crippen molar-refractivity contribution in [3.8, 4) is 0 Å². The van der Waals surface area contributed by atoms with Crippen LogP contribution in [0.4, 0.5) is 0 Å². The monoisotopic (exact) mass is 290 g/mol. The van der Waals surface area contributed by atoms with Crippen LogP contribution in [0.25, 0.3) is 0 Å². The summed E-state index contributed by atoms with van der Waals surface area (Å²) in [6.45, 7) is 2.85. The molecule has 2 heterocycles. The van der Waals surface area contributed by atoms with Gasteiger partial charge in [0.2, 0.25) is 0 Å². The molecule has 0 aromatic carbocycles. The van der Waals surface area contributed by atoms with E-state index in [1.165, 1.54) is 44.3 Å². The van der Waals surface area contributed by atoms with Crippen molar-refractivity contribution in [2.24, 2.45) is 10.7 Å². The summed E-state index contributed by atoms with van der Waals surface area (Å²) >= 11 is 0. The molecule has 1 aromatic rings. The van der Waals surface area contributed by atoms with Gasteiger partial charge >= 0.3 is 0 Å². The fourth-order valence-electron chi connectivity index (χ4n) is 2.25. The van der Waals surface area contributed by atoms with Crippen molar-refractivity contribution < 1.29 is 4.79 Å². The minimum Gasteiger partial charge on any atom is -0.370 e. The zero-order valence-corrected chi connectivity index (χ0v) is 12.2. The maximum atomic E-state index is 11.7. The van der Waals surface area contributed by atoms with Gasteiger partial charge in [-0.1, -0.05) is 12.8 Å². The molecular weight excluding hydrogens is 268 g/mol. The first-order valence-corrected chi connectivity index (χ1v) is 7.36. The number of rotatable bonds is 4. The zero-order valence-electron chi connectivity index (χ0n) is 12.2. The number of carbonyl (C=O) groups is 1. The molecule has 21 heavy (non-hydrogen) atoms. The van der Waals surface area contributed by atoms with Crippen LogP contribution in [0, 0.1) is 0 Å². The van der Waals surface area contributed by atoms with Crippen molar-refractivity contribution >= 4 is 11.9 Å². The topological polar surface area (TPSA) is 96.5 Å². The molecule has 1 saturated heterocycles. The Balaban J connectivity index is 1.73. The largest absolute Gasteiger partial charge is 0.370 e. The van der Waals surface area contributed by atoms with E-state index in [1.54, 1.807) is 0 Å². The van der Waals surface area contributed by atoms with E-state index in [0.29, 0.717) is 24.7 Å². The Bertz CT molecular complexity index is 468. The summed E-state index contributed by atoms with van der Waals surface area (Å²) in [5.74, 6) is 0.331. The number of nitrogens with two attached hydrogens (primary N) is 1. The van der Waals surface area contributed by atoms with Crippen LogP contribution in [-0.2, 0) is 0 Å². The minimum absolute atomic E-state index is 0.244. The molecule has 7 heteroatoms. The van der Waals surface area contributed by atoms with Crippen molar-refractivity contribution in [3.05, 3.63) is 24.3 Å². The van der Waals surface area contributed by atoms with Crippen LogP contribution in [0.2, 0.25) is 0 Å². The number of nitrogens with one attached hydrogen (secondary N) is 1. The van der Waals surface area contributed by atoms with Gasteiger partial charge in [0.1, 0.15) is 5.69 Å². The third-order valence-corrected chi connectivity index (χ3v) is 3.40. The molecule has 1 aliphatic rings. The van der Waals surface area contributed by atoms with Crippen LogP contribution < -0.4 is 11.1 Å². The second-order valence-corrected chi connectivity index (χ2v) is 4.99. The Morgan fingerprint density at radius 2 is 2.05 bits per heavy atom. The molecule has 2 rings (SSSR count). The maximum absolute atomic E-state index is 11.7. The summed E-state index contributed by atoms with van der Waals surface area (Å²) in [5, 5.41) is 2.75. The molecule has 0 spiro atoms. The zero-order chi connectivity index (χ0) is 14.9. The highest BCUT2D eigenvalue weighted by molar-refractivity contribution is 5.91. The number of aliphatic imine (C=N–C) groups is 1. The van der Waals surface area contributed by atoms with Crippen LogP contribution in [-0.4, -0.2) is 52.9 Å². The van der Waals surface area contributed by atoms with E-state index in [1.807, 2.05) is 0 Å². The molecule has 0 radical (unpaired) electrons. The Morgan fingerprint density at radius 3 is 2.71 bits per heavy atom. The number of aromatic nitrogens is 2. The van der Waals surface area contributed by atoms with Crippen LogP contribution in [0.1, 0.15) is 36.2 Å². The summed E-state index contributed by atoms with van der Waals surface area (Å²) in [6, 6.07) is 0. The van der Waals surface area contributed by atoms with Gasteiger partial charge in [0.05, 0.1) is 12.7 Å². The van der Waals surface area contributed by atoms with E-state index in [0.717, 1.165) is 13.1 Å². The first-order valence-electron chi connectivity index (χ1n) is 7.36. The molecule has 0 saturated carbocycles. The van der Waals surface area contributed by atoms with Crippen molar-refractivity contribution in [2.75, 3.05) is 26.2 Å². The van der Waals surface area contributed by atoms with Crippen LogP contribution in [0.15, 0.2) is 23.6 Å². The molecule has 0 atom stereocenters. The number of hydrogen-bond acceptors (Lipinski definition) is 4. The van der Waals surface area contributed by atoms with Gasteiger partial charge in [0.25, 0.3) is 5.91 Å². The third-order valence-electron chi connectivity index (χ3n) is 3.40. The van der Waals surface area contributed by atoms with E-state index in [-0.39, 0.29) is 5.91 Å². The van der Waals surface area contributed by atoms with Gasteiger partial charge in [-0.3, -0.25) is 14.8 Å². The first-order chi connectivity index (χ1) is 10.3. The molecular formula is C14H22N6O. The van der Waals surface area contributed by atoms with Crippen LogP contribution >= 0.6 is 0 Å². The second kappa shape index (κ2) is 8.18. The number of carbonyl (C=O) groups excluding carboxylic acids is 1. The van der Waals surface area contributed by atoms with Crippen molar-refractivity contribution in [1.82, 2.24) is 20.2 Å². The fourth-order valence-corrected chi connectivity index (χ4v) is 2.25. The number of amides is 1. The van der Waals surface area contributed by atoms with Crippen LogP contribution in [0.3, 0.4) is 0 Å². The normalized spacial score (nSPS) is 16.4. The lowest BCUT2D eigenvalue weighted by atomic mass is 10.2. The molecule has 0 aliphatic carbocycles. The molecule has 1 aromatic heterocycles. The third kappa shape index (κ3) is 5.02. The average molecular weight is 290 g/mol. The van der Waals surface area contributed by atoms with E-state index < -0.39 is 0 Å². The molecule has 114 valence electrons. The lowest BCUT2D eigenvalue weighted by molar-refractivity contribution is 0.0949. The summed E-state index contributed by atoms with van der Waals surface area (Å²) in [5.41, 5.74) is 6.29. The molecule has 1 aliphatic heterocycles.